The van der Waals surface area contributed by atoms with Gasteiger partial charge in [0.1, 0.15) is 5.75 Å². The summed E-state index contributed by atoms with van der Waals surface area (Å²) >= 11 is 3.32. The summed E-state index contributed by atoms with van der Waals surface area (Å²) in [6.45, 7) is 1.95. The van der Waals surface area contributed by atoms with Gasteiger partial charge >= 0.3 is 0 Å². The zero-order valence-electron chi connectivity index (χ0n) is 9.86. The second-order valence-electron chi connectivity index (χ2n) is 3.56. The highest BCUT2D eigenvalue weighted by atomic mass is 79.9. The van der Waals surface area contributed by atoms with Crippen LogP contribution in [0.15, 0.2) is 22.7 Å². The molecule has 5 heteroatoms. The van der Waals surface area contributed by atoms with Gasteiger partial charge in [-0.15, -0.1) is 0 Å². The summed E-state index contributed by atoms with van der Waals surface area (Å²) in [7, 11) is 0.507. The van der Waals surface area contributed by atoms with E-state index in [1.54, 1.807) is 25.3 Å². The maximum Gasteiger partial charge on any atom is 0.175 e. The van der Waals surface area contributed by atoms with Crippen molar-refractivity contribution in [3.63, 3.8) is 0 Å². The minimum Gasteiger partial charge on any atom is -0.496 e. The molecule has 0 aliphatic heterocycles. The van der Waals surface area contributed by atoms with E-state index in [0.29, 0.717) is 17.1 Å². The summed E-state index contributed by atoms with van der Waals surface area (Å²) in [5, 5.41) is 0. The van der Waals surface area contributed by atoms with E-state index in [0.717, 1.165) is 10.9 Å². The molecule has 1 unspecified atom stereocenters. The maximum atomic E-state index is 11.8. The second kappa shape index (κ2) is 6.91. The summed E-state index contributed by atoms with van der Waals surface area (Å²) in [6, 6.07) is 5.11. The highest BCUT2D eigenvalue weighted by molar-refractivity contribution is 9.10. The molecule has 0 amide bonds. The number of hydrogen-bond donors (Lipinski definition) is 0. The lowest BCUT2D eigenvalue weighted by atomic mass is 10.1. The number of methoxy groups -OCH3 is 1. The lowest BCUT2D eigenvalue weighted by Gasteiger charge is -2.05. The van der Waals surface area contributed by atoms with Gasteiger partial charge in [0.25, 0.3) is 0 Å². The molecule has 0 bridgehead atoms. The molecule has 0 aromatic heterocycles. The van der Waals surface area contributed by atoms with Crippen molar-refractivity contribution in [3.05, 3.63) is 28.2 Å². The molecule has 0 radical (unpaired) electrons. The third kappa shape index (κ3) is 4.24. The Morgan fingerprint density at radius 3 is 2.71 bits per heavy atom. The van der Waals surface area contributed by atoms with E-state index < -0.39 is 10.8 Å². The number of carbonyl (C=O) groups is 1. The van der Waals surface area contributed by atoms with E-state index in [-0.39, 0.29) is 11.5 Å². The molecule has 0 saturated heterocycles. The molecule has 1 aromatic carbocycles. The van der Waals surface area contributed by atoms with Crippen LogP contribution in [0.25, 0.3) is 0 Å². The number of halogens is 1. The third-order valence-corrected chi connectivity index (χ3v) is 4.27. The Morgan fingerprint density at radius 2 is 2.18 bits per heavy atom. The molecule has 0 heterocycles. The van der Waals surface area contributed by atoms with E-state index in [4.69, 9.17) is 4.74 Å². The molecule has 1 atom stereocenters. The fourth-order valence-corrected chi connectivity index (χ4v) is 2.97. The first-order chi connectivity index (χ1) is 8.08. The summed E-state index contributed by atoms with van der Waals surface area (Å²) in [6.07, 6.45) is 0.826. The number of Topliss-reactive ketones (excluding diaryl/α,β-unsaturated/α-hetero) is 1. The molecule has 0 aliphatic carbocycles. The van der Waals surface area contributed by atoms with Crippen molar-refractivity contribution in [3.8, 4) is 5.75 Å². The topological polar surface area (TPSA) is 43.4 Å². The predicted molar refractivity (Wildman–Crippen MR) is 73.2 cm³/mol. The molecule has 0 N–H and O–H groups in total. The van der Waals surface area contributed by atoms with Crippen LogP contribution in [0.1, 0.15) is 23.7 Å². The van der Waals surface area contributed by atoms with Crippen molar-refractivity contribution in [2.24, 2.45) is 0 Å². The molecule has 0 saturated carbocycles. The quantitative estimate of drug-likeness (QED) is 0.757. The van der Waals surface area contributed by atoms with Gasteiger partial charge in [-0.05, 0) is 40.5 Å². The molecule has 1 aromatic rings. The number of hydrogen-bond acceptors (Lipinski definition) is 3. The highest BCUT2D eigenvalue weighted by Gasteiger charge is 2.11. The van der Waals surface area contributed by atoms with Gasteiger partial charge in [0.05, 0.1) is 17.3 Å². The van der Waals surface area contributed by atoms with E-state index in [1.807, 2.05) is 6.92 Å². The Bertz CT molecular complexity index is 432. The van der Waals surface area contributed by atoms with Gasteiger partial charge in [-0.1, -0.05) is 6.92 Å². The first-order valence-corrected chi connectivity index (χ1v) is 7.58. The number of ketones is 1. The van der Waals surface area contributed by atoms with Crippen LogP contribution in [0.4, 0.5) is 0 Å². The Hall–Kier alpha value is -0.680. The van der Waals surface area contributed by atoms with Crippen LogP contribution in [0.2, 0.25) is 0 Å². The van der Waals surface area contributed by atoms with Crippen LogP contribution in [0.5, 0.6) is 5.75 Å². The van der Waals surface area contributed by atoms with Crippen molar-refractivity contribution in [2.75, 3.05) is 18.6 Å². The molecular weight excluding hydrogens is 304 g/mol. The van der Waals surface area contributed by atoms with Gasteiger partial charge < -0.3 is 4.74 Å². The zero-order valence-corrected chi connectivity index (χ0v) is 12.3. The molecule has 0 fully saturated rings. The first kappa shape index (κ1) is 14.4. The zero-order chi connectivity index (χ0) is 12.8. The van der Waals surface area contributed by atoms with Crippen molar-refractivity contribution in [1.29, 1.82) is 0 Å². The summed E-state index contributed by atoms with van der Waals surface area (Å²) in [4.78, 5) is 11.8. The molecule has 0 aliphatic rings. The van der Waals surface area contributed by atoms with Crippen LogP contribution < -0.4 is 4.74 Å². The van der Waals surface area contributed by atoms with E-state index >= 15 is 0 Å². The second-order valence-corrected chi connectivity index (χ2v) is 5.99. The Kier molecular flexibility index (Phi) is 5.85. The molecule has 0 spiro atoms. The van der Waals surface area contributed by atoms with Gasteiger partial charge in [-0.2, -0.15) is 0 Å². The van der Waals surface area contributed by atoms with Crippen LogP contribution in [0.3, 0.4) is 0 Å². The molecule has 1 rings (SSSR count). The predicted octanol–water partition coefficient (Wildman–Crippen LogP) is 2.80. The molecule has 94 valence electrons. The van der Waals surface area contributed by atoms with Crippen LogP contribution in [-0.4, -0.2) is 28.6 Å². The van der Waals surface area contributed by atoms with Gasteiger partial charge in [-0.3, -0.25) is 9.00 Å². The lowest BCUT2D eigenvalue weighted by molar-refractivity contribution is 0.102. The molecule has 3 nitrogen and oxygen atoms in total. The Labute approximate surface area is 112 Å². The SMILES string of the molecule is CCCS(=O)CC(=O)c1ccc(OC)c(Br)c1. The maximum absolute atomic E-state index is 11.8. The largest absolute Gasteiger partial charge is 0.496 e. The molecule has 17 heavy (non-hydrogen) atoms. The average Bonchev–Trinajstić information content (AvgIpc) is 2.29. The fraction of sp³-hybridized carbons (Fsp3) is 0.417. The van der Waals surface area contributed by atoms with E-state index in [9.17, 15) is 9.00 Å². The van der Waals surface area contributed by atoms with Gasteiger partial charge in [0, 0.05) is 22.1 Å². The van der Waals surface area contributed by atoms with Gasteiger partial charge in [0.2, 0.25) is 0 Å². The van der Waals surface area contributed by atoms with Crippen LogP contribution in [0, 0.1) is 0 Å². The number of carbonyl (C=O) groups excluding carboxylic acids is 1. The normalized spacial score (nSPS) is 12.2. The van der Waals surface area contributed by atoms with Gasteiger partial charge in [-0.25, -0.2) is 0 Å². The number of ether oxygens (including phenoxy) is 1. The standard InChI is InChI=1S/C12H15BrO3S/c1-3-6-17(15)8-11(14)9-4-5-12(16-2)10(13)7-9/h4-5,7H,3,6,8H2,1-2H3. The summed E-state index contributed by atoms with van der Waals surface area (Å²) in [5.41, 5.74) is 0.558. The van der Waals surface area contributed by atoms with Crippen LogP contribution in [-0.2, 0) is 10.8 Å². The smallest absolute Gasteiger partial charge is 0.175 e. The van der Waals surface area contributed by atoms with Crippen LogP contribution >= 0.6 is 15.9 Å². The Balaban J connectivity index is 2.76. The minimum atomic E-state index is -1.06. The first-order valence-electron chi connectivity index (χ1n) is 5.30. The monoisotopic (exact) mass is 318 g/mol. The average molecular weight is 319 g/mol. The lowest BCUT2D eigenvalue weighted by Crippen LogP contribution is -2.13. The fourth-order valence-electron chi connectivity index (χ4n) is 1.37. The number of rotatable bonds is 6. The third-order valence-electron chi connectivity index (χ3n) is 2.20. The minimum absolute atomic E-state index is 0.0899. The van der Waals surface area contributed by atoms with E-state index in [2.05, 4.69) is 15.9 Å². The van der Waals surface area contributed by atoms with Crippen molar-refractivity contribution < 1.29 is 13.7 Å². The number of benzene rings is 1. The summed E-state index contributed by atoms with van der Waals surface area (Å²) in [5.74, 6) is 1.24. The van der Waals surface area contributed by atoms with Crippen molar-refractivity contribution in [1.82, 2.24) is 0 Å². The Morgan fingerprint density at radius 1 is 1.47 bits per heavy atom. The highest BCUT2D eigenvalue weighted by Crippen LogP contribution is 2.25. The summed E-state index contributed by atoms with van der Waals surface area (Å²) < 4.78 is 17.3. The van der Waals surface area contributed by atoms with Crippen molar-refractivity contribution >= 4 is 32.5 Å². The van der Waals surface area contributed by atoms with Crippen molar-refractivity contribution in [2.45, 2.75) is 13.3 Å². The van der Waals surface area contributed by atoms with E-state index in [1.165, 1.54) is 0 Å². The molecular formula is C12H15BrO3S. The van der Waals surface area contributed by atoms with Gasteiger partial charge in [0.15, 0.2) is 5.78 Å².